The molecule has 0 radical (unpaired) electrons. The predicted octanol–water partition coefficient (Wildman–Crippen LogP) is 6.52. The zero-order valence-corrected chi connectivity index (χ0v) is 38.2. The first-order valence-electron chi connectivity index (χ1n) is 24.6. The van der Waals surface area contributed by atoms with E-state index in [2.05, 4.69) is 13.8 Å². The van der Waals surface area contributed by atoms with Gasteiger partial charge >= 0.3 is 5.97 Å². The van der Waals surface area contributed by atoms with Gasteiger partial charge in [-0.25, -0.2) is 0 Å². The van der Waals surface area contributed by atoms with Crippen molar-refractivity contribution in [2.24, 2.45) is 0 Å². The number of carbonyl (C=O) groups excluding carboxylic acids is 1. The molecule has 7 N–H and O–H groups in total. The number of hydrogen-bond acceptors (Lipinski definition) is 14. The zero-order valence-electron chi connectivity index (χ0n) is 38.2. The highest BCUT2D eigenvalue weighted by Crippen LogP contribution is 2.26. The summed E-state index contributed by atoms with van der Waals surface area (Å²) in [6, 6.07) is 0. The van der Waals surface area contributed by atoms with Crippen molar-refractivity contribution >= 4 is 5.97 Å². The molecular weight excluding hydrogens is 789 g/mol. The number of hydrogen-bond donors (Lipinski definition) is 7. The zero-order chi connectivity index (χ0) is 44.5. The lowest BCUT2D eigenvalue weighted by Gasteiger charge is -2.42. The molecule has 362 valence electrons. The molecule has 11 atom stereocenters. The summed E-state index contributed by atoms with van der Waals surface area (Å²) in [5.74, 6) is -0.372. The molecule has 0 aromatic rings. The highest BCUT2D eigenvalue weighted by Gasteiger charge is 2.47. The minimum atomic E-state index is -1.70. The van der Waals surface area contributed by atoms with E-state index in [-0.39, 0.29) is 25.6 Å². The second-order valence-electron chi connectivity index (χ2n) is 17.7. The first-order chi connectivity index (χ1) is 29.6. The van der Waals surface area contributed by atoms with E-state index < -0.39 is 80.7 Å². The van der Waals surface area contributed by atoms with Crippen LogP contribution >= 0.6 is 0 Å². The standard InChI is InChI=1S/C47H90O14/c1-3-5-7-9-11-13-15-17-19-21-23-25-27-29-31-56-33-36(59-39(49)30-28-26-24-22-20-18-16-14-12-10-8-6-4-2)34-57-46-45(55)43(53)41(51)38(61-46)35-58-47-44(54)42(52)40(50)37(32-48)60-47/h36-38,40-48,50-55H,3-35H2,1-2H3. The van der Waals surface area contributed by atoms with Crippen molar-refractivity contribution in [3.63, 3.8) is 0 Å². The molecular formula is C47H90O14. The monoisotopic (exact) mass is 879 g/mol. The molecule has 2 fully saturated rings. The number of rotatable bonds is 39. The topological polar surface area (TPSA) is 214 Å². The summed E-state index contributed by atoms with van der Waals surface area (Å²) in [4.78, 5) is 13.0. The molecule has 0 aromatic carbocycles. The van der Waals surface area contributed by atoms with Crippen LogP contribution in [0.25, 0.3) is 0 Å². The van der Waals surface area contributed by atoms with E-state index in [1.165, 1.54) is 128 Å². The van der Waals surface area contributed by atoms with Crippen LogP contribution in [0.15, 0.2) is 0 Å². The Hall–Kier alpha value is -1.01. The fourth-order valence-corrected chi connectivity index (χ4v) is 8.05. The third-order valence-electron chi connectivity index (χ3n) is 12.1. The first kappa shape index (κ1) is 56.1. The van der Waals surface area contributed by atoms with Crippen molar-refractivity contribution in [3.05, 3.63) is 0 Å². The fourth-order valence-electron chi connectivity index (χ4n) is 8.05. The van der Waals surface area contributed by atoms with Gasteiger partial charge in [0.25, 0.3) is 0 Å². The van der Waals surface area contributed by atoms with Crippen LogP contribution in [0.2, 0.25) is 0 Å². The Morgan fingerprint density at radius 1 is 0.475 bits per heavy atom. The van der Waals surface area contributed by atoms with Crippen molar-refractivity contribution < 1.29 is 69.0 Å². The summed E-state index contributed by atoms with van der Waals surface area (Å²) < 4.78 is 34.2. The van der Waals surface area contributed by atoms with E-state index in [1.54, 1.807) is 0 Å². The smallest absolute Gasteiger partial charge is 0.306 e. The van der Waals surface area contributed by atoms with Crippen molar-refractivity contribution in [3.8, 4) is 0 Å². The van der Waals surface area contributed by atoms with Gasteiger partial charge in [-0.3, -0.25) is 4.79 Å². The largest absolute Gasteiger partial charge is 0.457 e. The average Bonchev–Trinajstić information content (AvgIpc) is 3.25. The molecule has 0 aliphatic carbocycles. The second-order valence-corrected chi connectivity index (χ2v) is 17.7. The van der Waals surface area contributed by atoms with Gasteiger partial charge in [-0.1, -0.05) is 174 Å². The molecule has 14 heteroatoms. The van der Waals surface area contributed by atoms with Crippen LogP contribution in [0.5, 0.6) is 0 Å². The Balaban J connectivity index is 1.78. The van der Waals surface area contributed by atoms with Gasteiger partial charge in [-0.2, -0.15) is 0 Å². The molecule has 2 saturated heterocycles. The van der Waals surface area contributed by atoms with E-state index in [9.17, 15) is 40.5 Å². The fraction of sp³-hybridized carbons (Fsp3) is 0.979. The van der Waals surface area contributed by atoms with E-state index in [1.807, 2.05) is 0 Å². The van der Waals surface area contributed by atoms with Gasteiger partial charge in [0.1, 0.15) is 54.9 Å². The van der Waals surface area contributed by atoms with Gasteiger partial charge in [0.15, 0.2) is 12.6 Å². The Kier molecular flexibility index (Phi) is 33.3. The van der Waals surface area contributed by atoms with E-state index >= 15 is 0 Å². The van der Waals surface area contributed by atoms with E-state index in [4.69, 9.17) is 28.4 Å². The Morgan fingerprint density at radius 3 is 1.33 bits per heavy atom. The molecule has 0 bridgehead atoms. The van der Waals surface area contributed by atoms with E-state index in [0.717, 1.165) is 38.5 Å². The van der Waals surface area contributed by atoms with Crippen LogP contribution in [0.4, 0.5) is 0 Å². The minimum Gasteiger partial charge on any atom is -0.457 e. The number of ether oxygens (including phenoxy) is 6. The van der Waals surface area contributed by atoms with Gasteiger partial charge in [0.2, 0.25) is 0 Å². The minimum absolute atomic E-state index is 0.0699. The van der Waals surface area contributed by atoms with Gasteiger partial charge in [-0.05, 0) is 12.8 Å². The third kappa shape index (κ3) is 24.7. The summed E-state index contributed by atoms with van der Waals surface area (Å²) in [6.07, 6.45) is 17.3. The van der Waals surface area contributed by atoms with Crippen LogP contribution in [-0.4, -0.2) is 142 Å². The normalized spacial score (nSPS) is 27.4. The van der Waals surface area contributed by atoms with Crippen molar-refractivity contribution in [2.45, 2.75) is 261 Å². The molecule has 0 aromatic heterocycles. The molecule has 61 heavy (non-hydrogen) atoms. The molecule has 0 spiro atoms. The molecule has 0 saturated carbocycles. The predicted molar refractivity (Wildman–Crippen MR) is 234 cm³/mol. The van der Waals surface area contributed by atoms with Crippen LogP contribution in [-0.2, 0) is 33.2 Å². The molecule has 2 heterocycles. The molecule has 2 aliphatic heterocycles. The summed E-state index contributed by atoms with van der Waals surface area (Å²) in [6.45, 7) is 3.72. The van der Waals surface area contributed by atoms with Crippen molar-refractivity contribution in [1.82, 2.24) is 0 Å². The summed E-state index contributed by atoms with van der Waals surface area (Å²) in [7, 11) is 0. The number of carbonyl (C=O) groups is 1. The van der Waals surface area contributed by atoms with Crippen LogP contribution in [0.1, 0.15) is 194 Å². The average molecular weight is 879 g/mol. The number of esters is 1. The Bertz CT molecular complexity index is 1020. The van der Waals surface area contributed by atoms with Gasteiger partial charge in [-0.15, -0.1) is 0 Å². The molecule has 11 unspecified atom stereocenters. The van der Waals surface area contributed by atoms with Crippen LogP contribution < -0.4 is 0 Å². The maximum Gasteiger partial charge on any atom is 0.306 e. The Labute approximate surface area is 368 Å². The first-order valence-corrected chi connectivity index (χ1v) is 24.6. The lowest BCUT2D eigenvalue weighted by molar-refractivity contribution is -0.332. The van der Waals surface area contributed by atoms with Gasteiger partial charge < -0.3 is 64.2 Å². The lowest BCUT2D eigenvalue weighted by Crippen LogP contribution is -2.61. The molecule has 2 aliphatic rings. The van der Waals surface area contributed by atoms with Crippen LogP contribution in [0.3, 0.4) is 0 Å². The highest BCUT2D eigenvalue weighted by molar-refractivity contribution is 5.69. The number of aliphatic hydroxyl groups is 7. The number of aliphatic hydroxyl groups excluding tert-OH is 7. The maximum absolute atomic E-state index is 13.0. The van der Waals surface area contributed by atoms with Gasteiger partial charge in [0, 0.05) is 13.0 Å². The second kappa shape index (κ2) is 36.2. The highest BCUT2D eigenvalue weighted by atomic mass is 16.7. The molecule has 0 amide bonds. The molecule has 14 nitrogen and oxygen atoms in total. The van der Waals surface area contributed by atoms with Crippen molar-refractivity contribution in [1.29, 1.82) is 0 Å². The summed E-state index contributed by atoms with van der Waals surface area (Å²) in [5, 5.41) is 72.0. The third-order valence-corrected chi connectivity index (χ3v) is 12.1. The van der Waals surface area contributed by atoms with Crippen molar-refractivity contribution in [2.75, 3.05) is 33.0 Å². The maximum atomic E-state index is 13.0. The summed E-state index contributed by atoms with van der Waals surface area (Å²) >= 11 is 0. The quantitative estimate of drug-likeness (QED) is 0.0259. The summed E-state index contributed by atoms with van der Waals surface area (Å²) in [5.41, 5.74) is 0. The SMILES string of the molecule is CCCCCCCCCCCCCCCCOCC(COC1OC(COC2OC(CO)C(O)C(O)C2O)C(O)C(O)C1O)OC(=O)CCCCCCCCCCCCCCC. The Morgan fingerprint density at radius 2 is 0.869 bits per heavy atom. The van der Waals surface area contributed by atoms with E-state index in [0.29, 0.717) is 13.0 Å². The molecule has 2 rings (SSSR count). The van der Waals surface area contributed by atoms with Crippen LogP contribution in [0, 0.1) is 0 Å². The number of unbranched alkanes of at least 4 members (excludes halogenated alkanes) is 25. The lowest BCUT2D eigenvalue weighted by atomic mass is 9.98. The van der Waals surface area contributed by atoms with Gasteiger partial charge in [0.05, 0.1) is 26.4 Å².